The molecular weight excluding hydrogens is 338 g/mol. The fraction of sp³-hybridized carbons (Fsp3) is 0.316. The Morgan fingerprint density at radius 3 is 2.04 bits per heavy atom. The van der Waals surface area contributed by atoms with Gasteiger partial charge >= 0.3 is 0 Å². The molecule has 0 aliphatic heterocycles. The quantitative estimate of drug-likeness (QED) is 0.739. The minimum Gasteiger partial charge on any atom is -0.497 e. The maximum Gasteiger partial charge on any atom is 0.258 e. The molecule has 0 unspecified atom stereocenters. The van der Waals surface area contributed by atoms with Gasteiger partial charge in [0.1, 0.15) is 11.5 Å². The van der Waals surface area contributed by atoms with E-state index < -0.39 is 0 Å². The van der Waals surface area contributed by atoms with Crippen LogP contribution in [0.5, 0.6) is 28.7 Å². The molecule has 2 aromatic carbocycles. The predicted molar refractivity (Wildman–Crippen MR) is 96.4 cm³/mol. The summed E-state index contributed by atoms with van der Waals surface area (Å²) in [6, 6.07) is 10.6. The number of benzene rings is 2. The maximum absolute atomic E-state index is 12.0. The summed E-state index contributed by atoms with van der Waals surface area (Å²) in [7, 11) is 6.21. The van der Waals surface area contributed by atoms with Crippen molar-refractivity contribution >= 4 is 5.91 Å². The normalized spacial score (nSPS) is 10.0. The molecule has 0 aliphatic carbocycles. The average molecular weight is 361 g/mol. The molecule has 0 radical (unpaired) electrons. The Balaban J connectivity index is 1.94. The summed E-state index contributed by atoms with van der Waals surface area (Å²) in [6.07, 6.45) is 0. The van der Waals surface area contributed by atoms with Crippen LogP contribution >= 0.6 is 0 Å². The highest BCUT2D eigenvalue weighted by molar-refractivity contribution is 5.77. The Kier molecular flexibility index (Phi) is 6.96. The monoisotopic (exact) mass is 361 g/mol. The first-order valence-corrected chi connectivity index (χ1v) is 7.94. The van der Waals surface area contributed by atoms with Gasteiger partial charge in [0.05, 0.1) is 28.4 Å². The highest BCUT2D eigenvalue weighted by Gasteiger charge is 2.16. The molecule has 0 saturated heterocycles. The van der Waals surface area contributed by atoms with E-state index in [1.165, 1.54) is 14.2 Å². The number of nitrogens with one attached hydrogen (secondary N) is 1. The first-order valence-electron chi connectivity index (χ1n) is 7.94. The van der Waals surface area contributed by atoms with Gasteiger partial charge in [-0.25, -0.2) is 0 Å². The van der Waals surface area contributed by atoms with Crippen LogP contribution in [0, 0.1) is 0 Å². The third kappa shape index (κ3) is 4.72. The van der Waals surface area contributed by atoms with Crippen molar-refractivity contribution in [3.63, 3.8) is 0 Å². The zero-order valence-corrected chi connectivity index (χ0v) is 15.3. The molecule has 7 heteroatoms. The first-order chi connectivity index (χ1) is 12.6. The number of amides is 1. The fourth-order valence-electron chi connectivity index (χ4n) is 2.37. The summed E-state index contributed by atoms with van der Waals surface area (Å²) in [5.41, 5.74) is 0.767. The number of carbonyl (C=O) groups is 1. The van der Waals surface area contributed by atoms with Crippen molar-refractivity contribution in [3.05, 3.63) is 42.0 Å². The van der Waals surface area contributed by atoms with Crippen LogP contribution in [0.2, 0.25) is 0 Å². The first kappa shape index (κ1) is 19.2. The van der Waals surface area contributed by atoms with E-state index in [1.54, 1.807) is 44.6 Å². The second-order valence-corrected chi connectivity index (χ2v) is 5.23. The molecule has 0 aliphatic rings. The molecular formula is C19H23NO6. The van der Waals surface area contributed by atoms with E-state index in [1.807, 2.05) is 6.07 Å². The molecule has 0 saturated carbocycles. The molecule has 0 atom stereocenters. The molecule has 7 nitrogen and oxygen atoms in total. The summed E-state index contributed by atoms with van der Waals surface area (Å²) < 4.78 is 26.5. The number of methoxy groups -OCH3 is 4. The Labute approximate surface area is 152 Å². The Morgan fingerprint density at radius 2 is 1.46 bits per heavy atom. The molecule has 1 amide bonds. The SMILES string of the molecule is COc1ccc(OCC(=O)NCc2ccc(OC)c(OC)c2OC)cc1. The van der Waals surface area contributed by atoms with Crippen molar-refractivity contribution in [2.24, 2.45) is 0 Å². The Hall–Kier alpha value is -3.09. The van der Waals surface area contributed by atoms with Gasteiger partial charge in [-0.1, -0.05) is 0 Å². The molecule has 140 valence electrons. The average Bonchev–Trinajstić information content (AvgIpc) is 2.69. The van der Waals surface area contributed by atoms with Gasteiger partial charge in [-0.2, -0.15) is 0 Å². The van der Waals surface area contributed by atoms with Crippen molar-refractivity contribution in [1.82, 2.24) is 5.32 Å². The molecule has 0 bridgehead atoms. The lowest BCUT2D eigenvalue weighted by molar-refractivity contribution is -0.123. The summed E-state index contributed by atoms with van der Waals surface area (Å²) in [5.74, 6) is 2.62. The number of hydrogen-bond acceptors (Lipinski definition) is 6. The topological polar surface area (TPSA) is 75.3 Å². The lowest BCUT2D eigenvalue weighted by atomic mass is 10.1. The van der Waals surface area contributed by atoms with Gasteiger partial charge < -0.3 is 29.0 Å². The molecule has 0 aromatic heterocycles. The largest absolute Gasteiger partial charge is 0.497 e. The summed E-state index contributed by atoms with van der Waals surface area (Å²) in [4.78, 5) is 12.0. The van der Waals surface area contributed by atoms with E-state index >= 15 is 0 Å². The van der Waals surface area contributed by atoms with Crippen molar-refractivity contribution < 1.29 is 28.5 Å². The molecule has 0 fully saturated rings. The molecule has 0 heterocycles. The van der Waals surface area contributed by atoms with Gasteiger partial charge in [0.15, 0.2) is 18.1 Å². The van der Waals surface area contributed by atoms with Crippen LogP contribution in [0.15, 0.2) is 36.4 Å². The summed E-state index contributed by atoms with van der Waals surface area (Å²) in [6.45, 7) is 0.177. The summed E-state index contributed by atoms with van der Waals surface area (Å²) >= 11 is 0. The van der Waals surface area contributed by atoms with Gasteiger partial charge in [-0.3, -0.25) is 4.79 Å². The standard InChI is InChI=1S/C19H23NO6/c1-22-14-6-8-15(9-7-14)26-12-17(21)20-11-13-5-10-16(23-2)19(25-4)18(13)24-3/h5-10H,11-12H2,1-4H3,(H,20,21). The van der Waals surface area contributed by atoms with E-state index in [9.17, 15) is 4.79 Å². The molecule has 26 heavy (non-hydrogen) atoms. The highest BCUT2D eigenvalue weighted by Crippen LogP contribution is 2.39. The van der Waals surface area contributed by atoms with Crippen molar-refractivity contribution in [2.45, 2.75) is 6.54 Å². The molecule has 2 rings (SSSR count). The van der Waals surface area contributed by atoms with Crippen molar-refractivity contribution in [2.75, 3.05) is 35.0 Å². The number of hydrogen-bond donors (Lipinski definition) is 1. The maximum atomic E-state index is 12.0. The minimum atomic E-state index is -0.252. The van der Waals surface area contributed by atoms with Crippen LogP contribution in [-0.2, 0) is 11.3 Å². The van der Waals surface area contributed by atoms with Crippen LogP contribution in [0.1, 0.15) is 5.56 Å². The predicted octanol–water partition coefficient (Wildman–Crippen LogP) is 2.42. The van der Waals surface area contributed by atoms with Gasteiger partial charge in [0, 0.05) is 12.1 Å². The third-order valence-electron chi connectivity index (χ3n) is 3.69. The number of carbonyl (C=O) groups excluding carboxylic acids is 1. The van der Waals surface area contributed by atoms with Gasteiger partial charge in [0.2, 0.25) is 5.75 Å². The van der Waals surface area contributed by atoms with E-state index in [2.05, 4.69) is 5.32 Å². The van der Waals surface area contributed by atoms with E-state index in [4.69, 9.17) is 23.7 Å². The van der Waals surface area contributed by atoms with Crippen LogP contribution in [0.4, 0.5) is 0 Å². The highest BCUT2D eigenvalue weighted by atomic mass is 16.5. The van der Waals surface area contributed by atoms with E-state index in [-0.39, 0.29) is 19.1 Å². The minimum absolute atomic E-state index is 0.0953. The number of ether oxygens (including phenoxy) is 5. The van der Waals surface area contributed by atoms with Crippen LogP contribution < -0.4 is 29.0 Å². The zero-order chi connectivity index (χ0) is 18.9. The van der Waals surface area contributed by atoms with Crippen LogP contribution in [0.3, 0.4) is 0 Å². The van der Waals surface area contributed by atoms with Crippen LogP contribution in [0.25, 0.3) is 0 Å². The Morgan fingerprint density at radius 1 is 0.808 bits per heavy atom. The summed E-state index contributed by atoms with van der Waals surface area (Å²) in [5, 5.41) is 2.79. The van der Waals surface area contributed by atoms with Crippen molar-refractivity contribution in [3.8, 4) is 28.7 Å². The third-order valence-corrected chi connectivity index (χ3v) is 3.69. The van der Waals surface area contributed by atoms with E-state index in [0.29, 0.717) is 23.0 Å². The fourth-order valence-corrected chi connectivity index (χ4v) is 2.37. The van der Waals surface area contributed by atoms with Gasteiger partial charge in [0.25, 0.3) is 5.91 Å². The zero-order valence-electron chi connectivity index (χ0n) is 15.3. The van der Waals surface area contributed by atoms with Gasteiger partial charge in [-0.15, -0.1) is 0 Å². The smallest absolute Gasteiger partial charge is 0.258 e. The number of rotatable bonds is 9. The second kappa shape index (κ2) is 9.41. The van der Waals surface area contributed by atoms with Crippen LogP contribution in [-0.4, -0.2) is 41.0 Å². The molecule has 2 aromatic rings. The van der Waals surface area contributed by atoms with Gasteiger partial charge in [-0.05, 0) is 36.4 Å². The second-order valence-electron chi connectivity index (χ2n) is 5.23. The molecule has 1 N–H and O–H groups in total. The lowest BCUT2D eigenvalue weighted by Gasteiger charge is -2.16. The van der Waals surface area contributed by atoms with E-state index in [0.717, 1.165) is 11.3 Å². The van der Waals surface area contributed by atoms with Crippen molar-refractivity contribution in [1.29, 1.82) is 0 Å². The molecule has 0 spiro atoms. The Bertz CT molecular complexity index is 730. The lowest BCUT2D eigenvalue weighted by Crippen LogP contribution is -2.28.